The van der Waals surface area contributed by atoms with E-state index >= 15 is 0 Å². The Morgan fingerprint density at radius 2 is 1.95 bits per heavy atom. The Balaban J connectivity index is 1.24. The molecule has 9 nitrogen and oxygen atoms in total. The van der Waals surface area contributed by atoms with E-state index in [1.54, 1.807) is 22.9 Å². The van der Waals surface area contributed by atoms with Gasteiger partial charge in [0, 0.05) is 19.2 Å². The van der Waals surface area contributed by atoms with E-state index < -0.39 is 18.0 Å². The largest absolute Gasteiger partial charge is 0.493 e. The van der Waals surface area contributed by atoms with Crippen LogP contribution < -0.4 is 19.9 Å². The SMILES string of the molecule is CN1C(c2ccc(OCCCc3ccc4c(c3)OCCO4)c(C(F)(F)F)c2)=NOC1[C@@H]1CCCN1C(=N)N. The normalized spacial score (nSPS) is 20.8. The maximum atomic E-state index is 14.0. The Morgan fingerprint density at radius 3 is 2.71 bits per heavy atom. The topological polar surface area (TPSA) is 106 Å². The number of halogens is 3. The zero-order valence-electron chi connectivity index (χ0n) is 21.0. The summed E-state index contributed by atoms with van der Waals surface area (Å²) in [5, 5.41) is 11.9. The van der Waals surface area contributed by atoms with Crippen molar-refractivity contribution in [3.63, 3.8) is 0 Å². The van der Waals surface area contributed by atoms with Crippen molar-refractivity contribution >= 4 is 11.8 Å². The van der Waals surface area contributed by atoms with Gasteiger partial charge < -0.3 is 34.6 Å². The number of guanidine groups is 1. The number of fused-ring (bicyclic) bond motifs is 1. The third-order valence-electron chi connectivity index (χ3n) is 6.92. The quantitative estimate of drug-likeness (QED) is 0.317. The summed E-state index contributed by atoms with van der Waals surface area (Å²) in [4.78, 5) is 9.01. The summed E-state index contributed by atoms with van der Waals surface area (Å²) in [6.45, 7) is 1.74. The van der Waals surface area contributed by atoms with Crippen LogP contribution in [0.25, 0.3) is 0 Å². The number of nitrogens with one attached hydrogen (secondary N) is 1. The molecule has 3 heterocycles. The number of hydrogen-bond donors (Lipinski definition) is 2. The molecule has 0 aromatic heterocycles. The molecular formula is C26H30F3N5O4. The summed E-state index contributed by atoms with van der Waals surface area (Å²) >= 11 is 0. The van der Waals surface area contributed by atoms with Crippen LogP contribution in [0.5, 0.6) is 17.2 Å². The highest BCUT2D eigenvalue weighted by Crippen LogP contribution is 2.38. The Kier molecular flexibility index (Phi) is 7.13. The number of hydrogen-bond acceptors (Lipinski definition) is 7. The highest BCUT2D eigenvalue weighted by Gasteiger charge is 2.42. The number of alkyl halides is 3. The molecule has 1 fully saturated rings. The van der Waals surface area contributed by atoms with Crippen molar-refractivity contribution < 1.29 is 32.2 Å². The minimum Gasteiger partial charge on any atom is -0.493 e. The van der Waals surface area contributed by atoms with Crippen molar-refractivity contribution in [2.45, 2.75) is 44.1 Å². The summed E-state index contributed by atoms with van der Waals surface area (Å²) in [5.74, 6) is 1.35. The lowest BCUT2D eigenvalue weighted by molar-refractivity contribution is -0.139. The molecule has 12 heteroatoms. The number of oxime groups is 1. The zero-order valence-corrected chi connectivity index (χ0v) is 21.0. The zero-order chi connectivity index (χ0) is 26.9. The predicted octanol–water partition coefficient (Wildman–Crippen LogP) is 3.80. The number of rotatable bonds is 7. The van der Waals surface area contributed by atoms with Crippen molar-refractivity contribution in [1.29, 1.82) is 5.41 Å². The number of likely N-dealkylation sites (tertiary alicyclic amines) is 1. The van der Waals surface area contributed by atoms with Crippen molar-refractivity contribution in [1.82, 2.24) is 9.80 Å². The summed E-state index contributed by atoms with van der Waals surface area (Å²) in [6, 6.07) is 9.34. The van der Waals surface area contributed by atoms with Crippen molar-refractivity contribution in [2.24, 2.45) is 10.9 Å². The molecule has 38 heavy (non-hydrogen) atoms. The van der Waals surface area contributed by atoms with Crippen LogP contribution in [0.1, 0.15) is 36.0 Å². The number of aryl methyl sites for hydroxylation is 1. The number of amidine groups is 1. The fraction of sp³-hybridized carbons (Fsp3) is 0.462. The average Bonchev–Trinajstić information content (AvgIpc) is 3.53. The molecule has 1 saturated heterocycles. The first kappa shape index (κ1) is 25.8. The fourth-order valence-corrected chi connectivity index (χ4v) is 5.05. The van der Waals surface area contributed by atoms with Gasteiger partial charge in [-0.1, -0.05) is 11.2 Å². The van der Waals surface area contributed by atoms with Gasteiger partial charge in [0.15, 0.2) is 23.3 Å². The summed E-state index contributed by atoms with van der Waals surface area (Å²) in [5.41, 5.74) is 6.07. The highest BCUT2D eigenvalue weighted by molar-refractivity contribution is 5.99. The van der Waals surface area contributed by atoms with Crippen LogP contribution in [0.3, 0.4) is 0 Å². The highest BCUT2D eigenvalue weighted by atomic mass is 19.4. The van der Waals surface area contributed by atoms with Gasteiger partial charge in [-0.05, 0) is 61.6 Å². The maximum absolute atomic E-state index is 14.0. The van der Waals surface area contributed by atoms with Crippen LogP contribution in [0.15, 0.2) is 41.6 Å². The Hall–Kier alpha value is -3.83. The molecule has 3 aliphatic rings. The minimum absolute atomic E-state index is 0.0622. The Bertz CT molecular complexity index is 1220. The van der Waals surface area contributed by atoms with E-state index in [0.29, 0.717) is 44.1 Å². The van der Waals surface area contributed by atoms with E-state index in [1.807, 2.05) is 18.2 Å². The van der Waals surface area contributed by atoms with Gasteiger partial charge in [0.1, 0.15) is 19.0 Å². The first-order valence-electron chi connectivity index (χ1n) is 12.5. The molecule has 204 valence electrons. The van der Waals surface area contributed by atoms with Gasteiger partial charge in [-0.2, -0.15) is 13.2 Å². The molecule has 0 saturated carbocycles. The number of ether oxygens (including phenoxy) is 3. The second kappa shape index (κ2) is 10.5. The van der Waals surface area contributed by atoms with Crippen LogP contribution in [0, 0.1) is 5.41 Å². The van der Waals surface area contributed by atoms with E-state index in [0.717, 1.165) is 24.5 Å². The van der Waals surface area contributed by atoms with Gasteiger partial charge in [-0.25, -0.2) is 0 Å². The molecule has 0 radical (unpaired) electrons. The van der Waals surface area contributed by atoms with Crippen LogP contribution in [-0.4, -0.2) is 67.3 Å². The first-order valence-corrected chi connectivity index (χ1v) is 12.5. The Morgan fingerprint density at radius 1 is 1.16 bits per heavy atom. The molecule has 0 amide bonds. The summed E-state index contributed by atoms with van der Waals surface area (Å²) < 4.78 is 58.6. The third-order valence-corrected chi connectivity index (χ3v) is 6.92. The van der Waals surface area contributed by atoms with E-state index in [2.05, 4.69) is 5.16 Å². The third kappa shape index (κ3) is 5.25. The van der Waals surface area contributed by atoms with Crippen LogP contribution in [-0.2, 0) is 17.4 Å². The molecule has 2 aromatic carbocycles. The van der Waals surface area contributed by atoms with Gasteiger partial charge in [-0.3, -0.25) is 5.41 Å². The summed E-state index contributed by atoms with van der Waals surface area (Å²) in [7, 11) is 1.71. The molecule has 3 N–H and O–H groups in total. The van der Waals surface area contributed by atoms with Crippen molar-refractivity contribution in [3.05, 3.63) is 53.1 Å². The molecule has 0 spiro atoms. The lowest BCUT2D eigenvalue weighted by atomic mass is 10.1. The summed E-state index contributed by atoms with van der Waals surface area (Å²) in [6.07, 6.45) is -2.44. The molecule has 2 atom stereocenters. The monoisotopic (exact) mass is 533 g/mol. The van der Waals surface area contributed by atoms with E-state index in [9.17, 15) is 13.2 Å². The van der Waals surface area contributed by atoms with Gasteiger partial charge in [0.2, 0.25) is 6.23 Å². The molecular weight excluding hydrogens is 503 g/mol. The second-order valence-electron chi connectivity index (χ2n) is 9.45. The van der Waals surface area contributed by atoms with Gasteiger partial charge in [0.25, 0.3) is 0 Å². The van der Waals surface area contributed by atoms with Crippen LogP contribution >= 0.6 is 0 Å². The van der Waals surface area contributed by atoms with E-state index in [4.69, 9.17) is 30.2 Å². The minimum atomic E-state index is -4.62. The van der Waals surface area contributed by atoms with Crippen molar-refractivity contribution in [3.8, 4) is 17.2 Å². The lowest BCUT2D eigenvalue weighted by Crippen LogP contribution is -2.51. The lowest BCUT2D eigenvalue weighted by Gasteiger charge is -2.32. The maximum Gasteiger partial charge on any atom is 0.419 e. The van der Waals surface area contributed by atoms with Gasteiger partial charge in [-0.15, -0.1) is 0 Å². The smallest absolute Gasteiger partial charge is 0.419 e. The molecule has 1 unspecified atom stereocenters. The second-order valence-corrected chi connectivity index (χ2v) is 9.45. The van der Waals surface area contributed by atoms with E-state index in [-0.39, 0.29) is 35.8 Å². The van der Waals surface area contributed by atoms with Crippen LogP contribution in [0.2, 0.25) is 0 Å². The molecule has 0 bridgehead atoms. The predicted molar refractivity (Wildman–Crippen MR) is 134 cm³/mol. The first-order chi connectivity index (χ1) is 18.2. The number of nitrogens with two attached hydrogens (primary N) is 1. The van der Waals surface area contributed by atoms with E-state index in [1.165, 1.54) is 6.07 Å². The molecule has 3 aliphatic heterocycles. The molecule has 2 aromatic rings. The number of nitrogens with zero attached hydrogens (tertiary/aromatic N) is 3. The van der Waals surface area contributed by atoms with Gasteiger partial charge in [0.05, 0.1) is 18.2 Å². The molecule has 0 aliphatic carbocycles. The van der Waals surface area contributed by atoms with Crippen molar-refractivity contribution in [2.75, 3.05) is 33.4 Å². The molecule has 5 rings (SSSR count). The fourth-order valence-electron chi connectivity index (χ4n) is 5.05. The average molecular weight is 534 g/mol. The standard InChI is InChI=1S/C26H30F3N5O4/c1-33-23(32-38-24(33)19-5-2-10-34(19)25(30)31)17-7-9-20(18(15-17)26(27,28)29)35-11-3-4-16-6-8-21-22(14-16)37-13-12-36-21/h6-9,14-15,19,24H,2-5,10-13H2,1H3,(H3,30,31)/t19-,24?/m0/s1. The number of benzene rings is 2. The van der Waals surface area contributed by atoms with Gasteiger partial charge >= 0.3 is 6.18 Å². The number of likely N-dealkylation sites (N-methyl/N-ethyl adjacent to an activating group) is 1. The van der Waals surface area contributed by atoms with Crippen LogP contribution in [0.4, 0.5) is 13.2 Å². The Labute approximate surface area is 218 Å².